The van der Waals surface area contributed by atoms with Crippen LogP contribution < -0.4 is 0 Å². The summed E-state index contributed by atoms with van der Waals surface area (Å²) < 4.78 is 12.1. The summed E-state index contributed by atoms with van der Waals surface area (Å²) in [6.07, 6.45) is 5.90. The van der Waals surface area contributed by atoms with Crippen LogP contribution in [0.2, 0.25) is 0 Å². The molecular formula is C19H26O2. The lowest BCUT2D eigenvalue weighted by atomic mass is 9.69. The summed E-state index contributed by atoms with van der Waals surface area (Å²) in [5, 5.41) is 0. The lowest BCUT2D eigenvalue weighted by Gasteiger charge is -2.45. The van der Waals surface area contributed by atoms with Crippen LogP contribution in [0.5, 0.6) is 0 Å². The van der Waals surface area contributed by atoms with Crippen molar-refractivity contribution in [1.82, 2.24) is 0 Å². The minimum absolute atomic E-state index is 0.134. The van der Waals surface area contributed by atoms with Crippen LogP contribution in [0.3, 0.4) is 0 Å². The molecule has 1 aromatic carbocycles. The highest BCUT2D eigenvalue weighted by Crippen LogP contribution is 2.46. The second kappa shape index (κ2) is 5.58. The normalized spacial score (nSPS) is 36.3. The van der Waals surface area contributed by atoms with Gasteiger partial charge in [-0.2, -0.15) is 0 Å². The highest BCUT2D eigenvalue weighted by molar-refractivity contribution is 5.21. The Balaban J connectivity index is 1.89. The Bertz CT molecular complexity index is 500. The van der Waals surface area contributed by atoms with Gasteiger partial charge in [0.2, 0.25) is 0 Å². The van der Waals surface area contributed by atoms with Crippen molar-refractivity contribution < 1.29 is 9.47 Å². The van der Waals surface area contributed by atoms with Crippen LogP contribution in [0.15, 0.2) is 42.5 Å². The zero-order valence-corrected chi connectivity index (χ0v) is 13.5. The molecule has 5 atom stereocenters. The number of rotatable bonds is 1. The molecule has 0 aromatic heterocycles. The standard InChI is InChI=1S/C19H26O2/c1-13-20-17-11-10-15(19(2,3)4)12-16(17)18(21-13)14-8-6-5-7-9-14/h5-11,13,15-18H,12H2,1-4H3. The molecule has 0 radical (unpaired) electrons. The van der Waals surface area contributed by atoms with Crippen molar-refractivity contribution in [2.75, 3.05) is 0 Å². The molecule has 0 bridgehead atoms. The molecular weight excluding hydrogens is 260 g/mol. The van der Waals surface area contributed by atoms with Crippen LogP contribution in [0.4, 0.5) is 0 Å². The summed E-state index contributed by atoms with van der Waals surface area (Å²) in [5.41, 5.74) is 1.55. The van der Waals surface area contributed by atoms with Gasteiger partial charge in [-0.1, -0.05) is 63.3 Å². The largest absolute Gasteiger partial charge is 0.345 e. The maximum Gasteiger partial charge on any atom is 0.156 e. The maximum absolute atomic E-state index is 6.15. The van der Waals surface area contributed by atoms with Crippen molar-refractivity contribution in [1.29, 1.82) is 0 Å². The zero-order chi connectivity index (χ0) is 15.0. The first kappa shape index (κ1) is 14.8. The van der Waals surface area contributed by atoms with E-state index in [1.54, 1.807) is 0 Å². The quantitative estimate of drug-likeness (QED) is 0.695. The summed E-state index contributed by atoms with van der Waals surface area (Å²) >= 11 is 0. The summed E-state index contributed by atoms with van der Waals surface area (Å²) in [6.45, 7) is 8.93. The van der Waals surface area contributed by atoms with Crippen molar-refractivity contribution >= 4 is 0 Å². The Hall–Kier alpha value is -1.12. The van der Waals surface area contributed by atoms with Crippen molar-refractivity contribution in [3.8, 4) is 0 Å². The summed E-state index contributed by atoms with van der Waals surface area (Å²) in [6, 6.07) is 10.6. The number of hydrogen-bond donors (Lipinski definition) is 0. The van der Waals surface area contributed by atoms with Gasteiger partial charge < -0.3 is 9.47 Å². The summed E-state index contributed by atoms with van der Waals surface area (Å²) in [7, 11) is 0. The van der Waals surface area contributed by atoms with Crippen LogP contribution in [-0.4, -0.2) is 12.4 Å². The van der Waals surface area contributed by atoms with Gasteiger partial charge >= 0.3 is 0 Å². The van der Waals surface area contributed by atoms with E-state index in [1.165, 1.54) is 5.56 Å². The molecule has 1 aromatic rings. The number of ether oxygens (including phenoxy) is 2. The van der Waals surface area contributed by atoms with E-state index in [2.05, 4.69) is 63.3 Å². The first-order valence-corrected chi connectivity index (χ1v) is 7.99. The van der Waals surface area contributed by atoms with Crippen LogP contribution in [0, 0.1) is 17.3 Å². The van der Waals surface area contributed by atoms with Gasteiger partial charge in [-0.05, 0) is 30.2 Å². The molecule has 0 saturated carbocycles. The summed E-state index contributed by atoms with van der Waals surface area (Å²) in [4.78, 5) is 0. The molecule has 0 spiro atoms. The molecule has 1 aliphatic heterocycles. The Kier molecular flexibility index (Phi) is 3.94. The molecule has 1 fully saturated rings. The molecule has 3 rings (SSSR count). The second-order valence-electron chi connectivity index (χ2n) is 7.39. The minimum Gasteiger partial charge on any atom is -0.345 e. The lowest BCUT2D eigenvalue weighted by Crippen LogP contribution is -2.43. The van der Waals surface area contributed by atoms with Gasteiger partial charge in [0.15, 0.2) is 6.29 Å². The van der Waals surface area contributed by atoms with Gasteiger partial charge in [0.05, 0.1) is 12.2 Å². The monoisotopic (exact) mass is 286 g/mol. The third kappa shape index (κ3) is 3.07. The van der Waals surface area contributed by atoms with Crippen LogP contribution in [0.25, 0.3) is 0 Å². The lowest BCUT2D eigenvalue weighted by molar-refractivity contribution is -0.257. The number of benzene rings is 1. The smallest absolute Gasteiger partial charge is 0.156 e. The van der Waals surface area contributed by atoms with Crippen LogP contribution >= 0.6 is 0 Å². The topological polar surface area (TPSA) is 18.5 Å². The predicted molar refractivity (Wildman–Crippen MR) is 84.8 cm³/mol. The number of allylic oxidation sites excluding steroid dienone is 1. The second-order valence-corrected chi connectivity index (χ2v) is 7.39. The predicted octanol–water partition coefficient (Wildman–Crippen LogP) is 4.73. The Morgan fingerprint density at radius 1 is 1.00 bits per heavy atom. The fraction of sp³-hybridized carbons (Fsp3) is 0.579. The van der Waals surface area contributed by atoms with E-state index < -0.39 is 0 Å². The van der Waals surface area contributed by atoms with Crippen LogP contribution in [0.1, 0.15) is 45.8 Å². The fourth-order valence-electron chi connectivity index (χ4n) is 3.51. The van der Waals surface area contributed by atoms with E-state index in [0.29, 0.717) is 11.8 Å². The third-order valence-corrected chi connectivity index (χ3v) is 4.80. The Morgan fingerprint density at radius 3 is 2.38 bits per heavy atom. The SMILES string of the molecule is CC1OC2C=CC(C(C)(C)C)CC2C(c2ccccc2)O1. The third-order valence-electron chi connectivity index (χ3n) is 4.80. The van der Waals surface area contributed by atoms with E-state index >= 15 is 0 Å². The number of fused-ring (bicyclic) bond motifs is 1. The van der Waals surface area contributed by atoms with Crippen molar-refractivity contribution in [2.45, 2.75) is 52.6 Å². The molecule has 0 N–H and O–H groups in total. The fourth-order valence-corrected chi connectivity index (χ4v) is 3.51. The molecule has 1 heterocycles. The number of hydrogen-bond acceptors (Lipinski definition) is 2. The molecule has 5 unspecified atom stereocenters. The van der Waals surface area contributed by atoms with Gasteiger partial charge in [0, 0.05) is 5.92 Å². The van der Waals surface area contributed by atoms with Crippen LogP contribution in [-0.2, 0) is 9.47 Å². The van der Waals surface area contributed by atoms with Crippen molar-refractivity contribution in [3.63, 3.8) is 0 Å². The van der Waals surface area contributed by atoms with Gasteiger partial charge in [-0.25, -0.2) is 0 Å². The van der Waals surface area contributed by atoms with E-state index in [1.807, 2.05) is 6.92 Å². The average Bonchev–Trinajstić information content (AvgIpc) is 2.46. The zero-order valence-electron chi connectivity index (χ0n) is 13.5. The highest BCUT2D eigenvalue weighted by Gasteiger charge is 2.42. The van der Waals surface area contributed by atoms with Crippen molar-refractivity contribution in [2.24, 2.45) is 17.3 Å². The molecule has 1 aliphatic carbocycles. The Labute approximate surface area is 128 Å². The minimum atomic E-state index is -0.146. The van der Waals surface area contributed by atoms with Gasteiger partial charge in [0.1, 0.15) is 0 Å². The molecule has 2 heteroatoms. The Morgan fingerprint density at radius 2 is 1.71 bits per heavy atom. The molecule has 2 nitrogen and oxygen atoms in total. The van der Waals surface area contributed by atoms with E-state index in [0.717, 1.165) is 6.42 Å². The van der Waals surface area contributed by atoms with E-state index in [4.69, 9.17) is 9.47 Å². The van der Waals surface area contributed by atoms with Gasteiger partial charge in [0.25, 0.3) is 0 Å². The van der Waals surface area contributed by atoms with E-state index in [-0.39, 0.29) is 23.9 Å². The van der Waals surface area contributed by atoms with Gasteiger partial charge in [-0.3, -0.25) is 0 Å². The maximum atomic E-state index is 6.15. The summed E-state index contributed by atoms with van der Waals surface area (Å²) in [5.74, 6) is 0.975. The first-order chi connectivity index (χ1) is 9.95. The van der Waals surface area contributed by atoms with E-state index in [9.17, 15) is 0 Å². The first-order valence-electron chi connectivity index (χ1n) is 7.99. The van der Waals surface area contributed by atoms with Crippen molar-refractivity contribution in [3.05, 3.63) is 48.0 Å². The average molecular weight is 286 g/mol. The molecule has 1 saturated heterocycles. The molecule has 114 valence electrons. The molecule has 2 aliphatic rings. The molecule has 0 amide bonds. The molecule has 21 heavy (non-hydrogen) atoms. The highest BCUT2D eigenvalue weighted by atomic mass is 16.7. The van der Waals surface area contributed by atoms with Gasteiger partial charge in [-0.15, -0.1) is 0 Å².